The number of hydrogen-bond acceptors (Lipinski definition) is 18. The van der Waals surface area contributed by atoms with E-state index >= 15 is 0 Å². The third-order valence-electron chi connectivity index (χ3n) is 18.0. The molecule has 14 rings (SSSR count). The normalized spacial score (nSPS) is 9.95. The van der Waals surface area contributed by atoms with Crippen molar-refractivity contribution in [3.8, 4) is 5.75 Å². The fourth-order valence-electron chi connectivity index (χ4n) is 11.2. The van der Waals surface area contributed by atoms with Gasteiger partial charge in [-0.25, -0.2) is 21.5 Å². The first-order valence-electron chi connectivity index (χ1n) is 41.5. The average molecular weight is 1880 g/mol. The van der Waals surface area contributed by atoms with Gasteiger partial charge in [-0.2, -0.15) is 15.2 Å². The quantitative estimate of drug-likeness (QED) is 0.0290. The van der Waals surface area contributed by atoms with Gasteiger partial charge in [-0.3, -0.25) is 77.0 Å². The second-order valence-electron chi connectivity index (χ2n) is 27.8. The average Bonchev–Trinajstić information content (AvgIpc) is 0.823. The Morgan fingerprint density at radius 2 is 0.615 bits per heavy atom. The highest BCUT2D eigenvalue weighted by Gasteiger charge is 2.23. The number of para-hydroxylation sites is 3. The maximum absolute atomic E-state index is 12.8. The molecule has 0 bridgehead atoms. The molecule has 8 amide bonds. The van der Waals surface area contributed by atoms with Crippen LogP contribution in [0.1, 0.15) is 106 Å². The maximum Gasteiger partial charge on any atom is 0.282 e. The zero-order chi connectivity index (χ0) is 97.2. The Kier molecular flexibility index (Phi) is 48.7. The van der Waals surface area contributed by atoms with Gasteiger partial charge in [0.25, 0.3) is 47.3 Å². The predicted molar refractivity (Wildman–Crippen MR) is 523 cm³/mol. The summed E-state index contributed by atoms with van der Waals surface area (Å²) in [6.45, 7) is 2.72. The third-order valence-corrected chi connectivity index (χ3v) is 18.9. The molecule has 3 N–H and O–H groups in total. The highest BCUT2D eigenvalue weighted by Crippen LogP contribution is 2.26. The molecule has 0 saturated carbocycles. The highest BCUT2D eigenvalue weighted by molar-refractivity contribution is 6.39. The van der Waals surface area contributed by atoms with Gasteiger partial charge >= 0.3 is 0 Å². The molecule has 0 aliphatic heterocycles. The number of ether oxygens (including phenoxy) is 2. The number of methoxy groups -OCH3 is 1. The molecule has 14 aromatic carbocycles. The minimum Gasteiger partial charge on any atom is -0.497 e. The topological polar surface area (TPSA) is 289 Å². The first-order valence-corrected chi connectivity index (χ1v) is 42.6. The number of Topliss-reactive ketones (excluding diaryl/α,β-unsaturated/α-hetero) is 1. The van der Waals surface area contributed by atoms with Crippen LogP contribution in [-0.4, -0.2) is 126 Å². The van der Waals surface area contributed by atoms with Crippen LogP contribution in [-0.2, 0) is 63.2 Å². The van der Waals surface area contributed by atoms with Crippen LogP contribution in [0.25, 0.3) is 0 Å². The number of anilines is 3. The van der Waals surface area contributed by atoms with Crippen LogP contribution in [0, 0.1) is 0 Å². The number of ketones is 1. The number of carbonyl (C=O) groups is 9. The van der Waals surface area contributed by atoms with Crippen molar-refractivity contribution >= 4 is 105 Å². The zero-order valence-corrected chi connectivity index (χ0v) is 77.6. The second kappa shape index (κ2) is 61.5. The fraction of sp³-hybridized carbons (Fsp3) is 0.123. The van der Waals surface area contributed by atoms with E-state index in [0.717, 1.165) is 21.8 Å². The Bertz CT molecular complexity index is 5810. The summed E-state index contributed by atoms with van der Waals surface area (Å²) < 4.78 is 10.5. The number of halogens is 3. The van der Waals surface area contributed by atoms with Gasteiger partial charge in [0, 0.05) is 58.1 Å². The van der Waals surface area contributed by atoms with Crippen LogP contribution in [0.5, 0.6) is 5.75 Å². The van der Waals surface area contributed by atoms with Crippen molar-refractivity contribution < 1.29 is 86.5 Å². The largest absolute Gasteiger partial charge is 0.497 e. The van der Waals surface area contributed by atoms with E-state index < -0.39 is 5.91 Å². The number of nitrogens with one attached hydrogen (secondary N) is 3. The number of hydrogen-bond donors (Lipinski definition) is 3. The van der Waals surface area contributed by atoms with Gasteiger partial charge < -0.3 is 14.4 Å². The monoisotopic (exact) mass is 1880 g/mol. The predicted octanol–water partition coefficient (Wildman–Crippen LogP) is 20.9. The Morgan fingerprint density at radius 1 is 0.296 bits per heavy atom. The highest BCUT2D eigenvalue weighted by atomic mass is 35.5. The van der Waals surface area contributed by atoms with Crippen molar-refractivity contribution in [1.82, 2.24) is 26.4 Å². The molecule has 0 radical (unpaired) electrons. The van der Waals surface area contributed by atoms with Crippen LogP contribution in [0.3, 0.4) is 0 Å². The maximum atomic E-state index is 12.8. The number of carbonyl (C=O) groups excluding carboxylic acids is 9. The molecule has 26 nitrogen and oxygen atoms in total. The lowest BCUT2D eigenvalue weighted by atomic mass is 10.2. The summed E-state index contributed by atoms with van der Waals surface area (Å²) in [4.78, 5) is 143. The van der Waals surface area contributed by atoms with E-state index in [1.807, 2.05) is 237 Å². The van der Waals surface area contributed by atoms with E-state index in [-0.39, 0.29) is 66.0 Å². The molecule has 0 unspecified atom stereocenters. The summed E-state index contributed by atoms with van der Waals surface area (Å²) in [6.07, 6.45) is 0. The molecule has 0 saturated heterocycles. The van der Waals surface area contributed by atoms with Gasteiger partial charge in [-0.05, 0) is 181 Å². The Balaban J connectivity index is 0.000000212. The van der Waals surface area contributed by atoms with Gasteiger partial charge in [-0.15, -0.1) is 0 Å². The van der Waals surface area contributed by atoms with E-state index in [0.29, 0.717) is 96.6 Å². The van der Waals surface area contributed by atoms with Crippen LogP contribution in [0.4, 0.5) is 17.1 Å². The SMILES string of the molecule is CC(=O)CON(C(=O)c1ccccc1)c1ccccc1.CN(COCc1ccccc1)C(=O)c1ccccc1.CON(C(=O)c1ccccc1)c1ccccc1.CON(C)C(=O)c1ccccc1.CONC(=O)c1c(Cl)cccc1Cl.CONC(=O)c1ccc(OC)cc1.O=C(NOCc1ccccc1)c1ccc(Cl)cc1.O=C(c1ccccc1)N(OCc1ccccc1)c1ccccc1. The van der Waals surface area contributed by atoms with E-state index in [9.17, 15) is 43.2 Å². The first-order chi connectivity index (χ1) is 65.6. The van der Waals surface area contributed by atoms with E-state index in [2.05, 4.69) is 26.1 Å². The van der Waals surface area contributed by atoms with Crippen molar-refractivity contribution in [1.29, 1.82) is 0 Å². The van der Waals surface area contributed by atoms with Crippen molar-refractivity contribution in [3.05, 3.63) is 477 Å². The smallest absolute Gasteiger partial charge is 0.282 e. The molecule has 14 aromatic rings. The summed E-state index contributed by atoms with van der Waals surface area (Å²) in [5, 5.41) is 6.14. The van der Waals surface area contributed by atoms with Gasteiger partial charge in [0.15, 0.2) is 5.78 Å². The molecule has 0 aromatic heterocycles. The molecule has 135 heavy (non-hydrogen) atoms. The lowest BCUT2D eigenvalue weighted by Crippen LogP contribution is -2.32. The Hall–Kier alpha value is -15.1. The molecule has 0 heterocycles. The Morgan fingerprint density at radius 3 is 0.985 bits per heavy atom. The summed E-state index contributed by atoms with van der Waals surface area (Å²) in [5.41, 5.74) is 16.1. The molecule has 0 aliphatic rings. The molecule has 696 valence electrons. The molecule has 29 heteroatoms. The van der Waals surface area contributed by atoms with Crippen molar-refractivity contribution in [2.75, 3.05) is 78.2 Å². The lowest BCUT2D eigenvalue weighted by Gasteiger charge is -2.22. The molecular formula is C106H103Cl3N8O18. The summed E-state index contributed by atoms with van der Waals surface area (Å²) in [5.74, 6) is -1.30. The van der Waals surface area contributed by atoms with Crippen LogP contribution in [0.15, 0.2) is 400 Å². The van der Waals surface area contributed by atoms with Gasteiger partial charge in [0.1, 0.15) is 25.7 Å². The lowest BCUT2D eigenvalue weighted by molar-refractivity contribution is -0.121. The van der Waals surface area contributed by atoms with Gasteiger partial charge in [-0.1, -0.05) is 277 Å². The van der Waals surface area contributed by atoms with Crippen molar-refractivity contribution in [2.45, 2.75) is 26.7 Å². The van der Waals surface area contributed by atoms with Crippen molar-refractivity contribution in [3.63, 3.8) is 0 Å². The summed E-state index contributed by atoms with van der Waals surface area (Å²) >= 11 is 17.3. The van der Waals surface area contributed by atoms with E-state index in [1.165, 1.54) is 50.6 Å². The molecule has 0 spiro atoms. The minimum absolute atomic E-state index is 0.0336. The number of amides is 8. The van der Waals surface area contributed by atoms with Gasteiger partial charge in [0.05, 0.1) is 81.4 Å². The van der Waals surface area contributed by atoms with Crippen LogP contribution in [0.2, 0.25) is 15.1 Å². The fourth-order valence-corrected chi connectivity index (χ4v) is 11.9. The molecule has 0 fully saturated rings. The first kappa shape index (κ1) is 107. The molecule has 0 aliphatic carbocycles. The van der Waals surface area contributed by atoms with Crippen LogP contribution < -0.4 is 36.4 Å². The zero-order valence-electron chi connectivity index (χ0n) is 75.4. The standard InChI is InChI=1S/C20H17NO2.C16H15NO3.C16H17NO2.C14H12ClNO2.C14H13NO2.C9H11NO3.C9H11NO2.C8H7Cl2NO2/c22-20(18-12-6-2-7-13-18)21(19-14-8-3-9-15-19)23-16-17-10-4-1-5-11-17;1-13(18)12-20-17(15-10-6-3-7-11-15)16(19)14-8-4-2-5-9-14;1-17(16(18)15-10-6-3-7-11-15)13-19-12-14-8-4-2-5-9-14;15-13-8-6-12(7-9-13)14(17)16-18-10-11-4-2-1-3-5-11;1-17-15(13-10-6-3-7-11-13)14(16)12-8-4-2-5-9-12;1-12-8-5-3-7(4-6-8)9(11)10-13-2;1-10(12-2)9(11)8-6-4-3-5-7-8;1-13-11-8(12)7-5(9)3-2-4-6(7)10/h1-15H,16H2;2-11H,12H2,1H3;2-11H,12-13H2,1H3;1-9H,10H2,(H,16,17);2-11H,1H3;3-6H,1-2H3,(H,10,11);3-7H,1-2H3;2-4H,1H3,(H,11,12). The minimum atomic E-state index is -0.460. The number of rotatable bonds is 29. The van der Waals surface area contributed by atoms with Crippen molar-refractivity contribution in [2.24, 2.45) is 0 Å². The second-order valence-corrected chi connectivity index (χ2v) is 29.1. The summed E-state index contributed by atoms with van der Waals surface area (Å²) in [6, 6.07) is 120. The number of hydroxylamine groups is 8. The molecule has 0 atom stereocenters. The van der Waals surface area contributed by atoms with E-state index in [4.69, 9.17) is 68.5 Å². The van der Waals surface area contributed by atoms with E-state index in [1.54, 1.807) is 190 Å². The van der Waals surface area contributed by atoms with Crippen LogP contribution >= 0.6 is 34.8 Å². The summed E-state index contributed by atoms with van der Waals surface area (Å²) in [7, 11) is 10.6. The number of benzene rings is 14. The third kappa shape index (κ3) is 38.7. The Labute approximate surface area is 800 Å². The van der Waals surface area contributed by atoms with Gasteiger partial charge in [0.2, 0.25) is 0 Å². The molecular weight excluding hydrogens is 1780 g/mol. The number of nitrogens with zero attached hydrogens (tertiary/aromatic N) is 5.